The Morgan fingerprint density at radius 1 is 1.32 bits per heavy atom. The third-order valence-electron chi connectivity index (χ3n) is 3.14. The van der Waals surface area contributed by atoms with Crippen molar-refractivity contribution in [2.24, 2.45) is 0 Å². The topological polar surface area (TPSA) is 98.7 Å². The number of carbonyl (C=O) groups excluding carboxylic acids is 2. The molecule has 1 saturated carbocycles. The normalized spacial score (nSPS) is 16.4. The fraction of sp³-hybridized carbons (Fsp3) is 0.750. The second-order valence-electron chi connectivity index (χ2n) is 5.25. The number of hydrogen-bond donors (Lipinski definition) is 3. The highest BCUT2D eigenvalue weighted by atomic mass is 16.4. The van der Waals surface area contributed by atoms with Gasteiger partial charge in [0.2, 0.25) is 5.91 Å². The second-order valence-corrected chi connectivity index (χ2v) is 5.25. The van der Waals surface area contributed by atoms with Crippen LogP contribution in [-0.2, 0) is 9.59 Å². The van der Waals surface area contributed by atoms with Gasteiger partial charge in [0.05, 0.1) is 0 Å². The molecular formula is C12H21N3O4. The van der Waals surface area contributed by atoms with E-state index in [1.807, 2.05) is 13.8 Å². The molecule has 0 heterocycles. The van der Waals surface area contributed by atoms with Crippen LogP contribution in [0.2, 0.25) is 0 Å². The number of carboxylic acids is 1. The first-order valence-electron chi connectivity index (χ1n) is 6.33. The summed E-state index contributed by atoms with van der Waals surface area (Å²) < 4.78 is 0. The number of nitrogens with zero attached hydrogens (tertiary/aromatic N) is 1. The van der Waals surface area contributed by atoms with Crippen LogP contribution >= 0.6 is 0 Å². The largest absolute Gasteiger partial charge is 0.480 e. The van der Waals surface area contributed by atoms with Gasteiger partial charge in [-0.1, -0.05) is 0 Å². The third kappa shape index (κ3) is 3.84. The van der Waals surface area contributed by atoms with E-state index in [1.54, 1.807) is 0 Å². The number of urea groups is 1. The number of carbonyl (C=O) groups is 3. The molecule has 3 N–H and O–H groups in total. The van der Waals surface area contributed by atoms with Gasteiger partial charge in [0, 0.05) is 13.1 Å². The van der Waals surface area contributed by atoms with Crippen molar-refractivity contribution in [2.45, 2.75) is 44.7 Å². The SMILES string of the molecule is CC(C)NC(=O)CN(C)C(=O)NC1(C(=O)O)CCC1. The van der Waals surface area contributed by atoms with Crippen molar-refractivity contribution in [3.8, 4) is 0 Å². The van der Waals surface area contributed by atoms with Crippen molar-refractivity contribution in [3.05, 3.63) is 0 Å². The maximum absolute atomic E-state index is 11.8. The zero-order chi connectivity index (χ0) is 14.6. The predicted molar refractivity (Wildman–Crippen MR) is 68.7 cm³/mol. The molecule has 0 aromatic carbocycles. The zero-order valence-electron chi connectivity index (χ0n) is 11.5. The molecule has 19 heavy (non-hydrogen) atoms. The van der Waals surface area contributed by atoms with Gasteiger partial charge in [-0.15, -0.1) is 0 Å². The highest BCUT2D eigenvalue weighted by Crippen LogP contribution is 2.32. The molecule has 0 radical (unpaired) electrons. The fourth-order valence-electron chi connectivity index (χ4n) is 1.88. The number of rotatable bonds is 5. The molecule has 1 fully saturated rings. The maximum Gasteiger partial charge on any atom is 0.329 e. The van der Waals surface area contributed by atoms with Crippen molar-refractivity contribution in [2.75, 3.05) is 13.6 Å². The Morgan fingerprint density at radius 2 is 1.89 bits per heavy atom. The van der Waals surface area contributed by atoms with Crippen LogP contribution in [-0.4, -0.2) is 53.1 Å². The Morgan fingerprint density at radius 3 is 2.26 bits per heavy atom. The molecule has 1 rings (SSSR count). The van der Waals surface area contributed by atoms with Gasteiger partial charge in [-0.05, 0) is 33.1 Å². The maximum atomic E-state index is 11.8. The average molecular weight is 271 g/mol. The summed E-state index contributed by atoms with van der Waals surface area (Å²) in [4.78, 5) is 35.6. The van der Waals surface area contributed by atoms with Gasteiger partial charge in [-0.25, -0.2) is 9.59 Å². The summed E-state index contributed by atoms with van der Waals surface area (Å²) in [6, 6.07) is -0.540. The summed E-state index contributed by atoms with van der Waals surface area (Å²) in [6.45, 7) is 3.55. The van der Waals surface area contributed by atoms with Crippen molar-refractivity contribution in [1.29, 1.82) is 0 Å². The lowest BCUT2D eigenvalue weighted by Gasteiger charge is -2.39. The molecule has 3 amide bonds. The smallest absolute Gasteiger partial charge is 0.329 e. The van der Waals surface area contributed by atoms with E-state index in [1.165, 1.54) is 11.9 Å². The number of amides is 3. The quantitative estimate of drug-likeness (QED) is 0.663. The van der Waals surface area contributed by atoms with Gasteiger partial charge in [0.25, 0.3) is 0 Å². The molecule has 0 aromatic rings. The van der Waals surface area contributed by atoms with Crippen molar-refractivity contribution in [1.82, 2.24) is 15.5 Å². The van der Waals surface area contributed by atoms with E-state index in [2.05, 4.69) is 10.6 Å². The number of carboxylic acid groups (broad SMARTS) is 1. The van der Waals surface area contributed by atoms with Gasteiger partial charge < -0.3 is 20.6 Å². The Bertz CT molecular complexity index is 377. The molecule has 7 heteroatoms. The molecule has 0 bridgehead atoms. The lowest BCUT2D eigenvalue weighted by Crippen LogP contribution is -2.61. The minimum atomic E-state index is -1.15. The van der Waals surface area contributed by atoms with Crippen LogP contribution < -0.4 is 10.6 Å². The molecule has 0 atom stereocenters. The third-order valence-corrected chi connectivity index (χ3v) is 3.14. The van der Waals surface area contributed by atoms with Gasteiger partial charge in [-0.3, -0.25) is 4.79 Å². The number of likely N-dealkylation sites (N-methyl/N-ethyl adjacent to an activating group) is 1. The van der Waals surface area contributed by atoms with Crippen molar-refractivity contribution in [3.63, 3.8) is 0 Å². The Balaban J connectivity index is 2.49. The molecule has 1 aliphatic carbocycles. The number of nitrogens with one attached hydrogen (secondary N) is 2. The lowest BCUT2D eigenvalue weighted by atomic mass is 9.77. The van der Waals surface area contributed by atoms with E-state index in [9.17, 15) is 14.4 Å². The van der Waals surface area contributed by atoms with E-state index < -0.39 is 17.5 Å². The molecular weight excluding hydrogens is 250 g/mol. The Hall–Kier alpha value is -1.79. The predicted octanol–water partition coefficient (Wildman–Crippen LogP) is 0.160. The van der Waals surface area contributed by atoms with E-state index in [0.29, 0.717) is 12.8 Å². The number of aliphatic carboxylic acids is 1. The molecule has 0 spiro atoms. The monoisotopic (exact) mass is 271 g/mol. The van der Waals surface area contributed by atoms with Crippen LogP contribution in [0, 0.1) is 0 Å². The first kappa shape index (κ1) is 15.3. The molecule has 0 saturated heterocycles. The summed E-state index contributed by atoms with van der Waals surface area (Å²) in [5.74, 6) is -1.29. The van der Waals surface area contributed by atoms with Crippen LogP contribution in [0.1, 0.15) is 33.1 Å². The van der Waals surface area contributed by atoms with E-state index >= 15 is 0 Å². The summed E-state index contributed by atoms with van der Waals surface area (Å²) in [5, 5.41) is 14.3. The molecule has 0 aliphatic heterocycles. The van der Waals surface area contributed by atoms with Crippen LogP contribution in [0.15, 0.2) is 0 Å². The van der Waals surface area contributed by atoms with E-state index in [4.69, 9.17) is 5.11 Å². The second kappa shape index (κ2) is 5.90. The lowest BCUT2D eigenvalue weighted by molar-refractivity contribution is -0.148. The van der Waals surface area contributed by atoms with Gasteiger partial charge >= 0.3 is 12.0 Å². The first-order chi connectivity index (χ1) is 8.77. The highest BCUT2D eigenvalue weighted by Gasteiger charge is 2.46. The van der Waals surface area contributed by atoms with Crippen LogP contribution in [0.5, 0.6) is 0 Å². The molecule has 0 aromatic heterocycles. The Labute approximate surface area is 112 Å². The standard InChI is InChI=1S/C12H21N3O4/c1-8(2)13-9(16)7-15(3)11(19)14-12(10(17)18)5-4-6-12/h8H,4-7H2,1-3H3,(H,13,16)(H,14,19)(H,17,18). The molecule has 1 aliphatic rings. The Kier molecular flexibility index (Phi) is 4.74. The van der Waals surface area contributed by atoms with Crippen LogP contribution in [0.25, 0.3) is 0 Å². The molecule has 7 nitrogen and oxygen atoms in total. The first-order valence-corrected chi connectivity index (χ1v) is 6.33. The van der Waals surface area contributed by atoms with Gasteiger partial charge in [-0.2, -0.15) is 0 Å². The summed E-state index contributed by atoms with van der Waals surface area (Å²) in [7, 11) is 1.46. The molecule has 0 unspecified atom stereocenters. The van der Waals surface area contributed by atoms with E-state index in [-0.39, 0.29) is 18.5 Å². The van der Waals surface area contributed by atoms with Crippen LogP contribution in [0.4, 0.5) is 4.79 Å². The summed E-state index contributed by atoms with van der Waals surface area (Å²) >= 11 is 0. The van der Waals surface area contributed by atoms with Crippen molar-refractivity contribution < 1.29 is 19.5 Å². The average Bonchev–Trinajstić information content (AvgIpc) is 2.20. The van der Waals surface area contributed by atoms with Gasteiger partial charge in [0.15, 0.2) is 0 Å². The zero-order valence-corrected chi connectivity index (χ0v) is 11.5. The molecule has 108 valence electrons. The highest BCUT2D eigenvalue weighted by molar-refractivity contribution is 5.89. The number of hydrogen-bond acceptors (Lipinski definition) is 3. The van der Waals surface area contributed by atoms with E-state index in [0.717, 1.165) is 6.42 Å². The minimum absolute atomic E-state index is 0.000884. The van der Waals surface area contributed by atoms with Crippen molar-refractivity contribution >= 4 is 17.9 Å². The minimum Gasteiger partial charge on any atom is -0.480 e. The summed E-state index contributed by atoms with van der Waals surface area (Å²) in [6.07, 6.45) is 1.64. The summed E-state index contributed by atoms with van der Waals surface area (Å²) in [5.41, 5.74) is -1.15. The fourth-order valence-corrected chi connectivity index (χ4v) is 1.88. The van der Waals surface area contributed by atoms with Crippen LogP contribution in [0.3, 0.4) is 0 Å². The van der Waals surface area contributed by atoms with Gasteiger partial charge in [0.1, 0.15) is 12.1 Å².